The molecule has 28 heavy (non-hydrogen) atoms. The summed E-state index contributed by atoms with van der Waals surface area (Å²) >= 11 is 0. The lowest BCUT2D eigenvalue weighted by Gasteiger charge is -2.23. The maximum absolute atomic E-state index is 11.7. The number of ether oxygens (including phenoxy) is 3. The number of aliphatic hydroxyl groups is 1. The summed E-state index contributed by atoms with van der Waals surface area (Å²) < 4.78 is 14.0. The van der Waals surface area contributed by atoms with E-state index in [2.05, 4.69) is 31.4 Å². The van der Waals surface area contributed by atoms with Crippen molar-refractivity contribution in [3.63, 3.8) is 0 Å². The van der Waals surface area contributed by atoms with Crippen LogP contribution in [0.2, 0.25) is 0 Å². The van der Waals surface area contributed by atoms with Crippen molar-refractivity contribution in [2.45, 2.75) is 39.2 Å². The summed E-state index contributed by atoms with van der Waals surface area (Å²) in [6.45, 7) is 4.69. The maximum Gasteiger partial charge on any atom is 0.339 e. The van der Waals surface area contributed by atoms with Crippen LogP contribution < -0.4 is 17.2 Å². The van der Waals surface area contributed by atoms with Gasteiger partial charge in [-0.05, 0) is 20.8 Å². The third-order valence-electron chi connectivity index (χ3n) is 2.31. The quantitative estimate of drug-likeness (QED) is 0.210. The molecule has 8 N–H and O–H groups in total. The normalized spacial score (nSPS) is 9.46. The number of aliphatic carboxylic acids is 1. The fourth-order valence-corrected chi connectivity index (χ4v) is 1.37. The number of esters is 3. The average molecular weight is 411 g/mol. The molecule has 0 unspecified atom stereocenters. The lowest BCUT2D eigenvalue weighted by molar-refractivity contribution is -0.177. The second-order valence-electron chi connectivity index (χ2n) is 4.72. The van der Waals surface area contributed by atoms with Gasteiger partial charge in [-0.2, -0.15) is 0 Å². The molecular formula is C15H29N3O10. The first-order valence-electron chi connectivity index (χ1n) is 8.07. The molecule has 0 aliphatic carbocycles. The third kappa shape index (κ3) is 19.4. The highest BCUT2D eigenvalue weighted by Gasteiger charge is 2.43. The van der Waals surface area contributed by atoms with Crippen molar-refractivity contribution >= 4 is 29.9 Å². The summed E-state index contributed by atoms with van der Waals surface area (Å²) in [5.41, 5.74) is 10.8. The number of carbonyl (C=O) groups excluding carboxylic acids is 4. The highest BCUT2D eigenvalue weighted by atomic mass is 16.6. The van der Waals surface area contributed by atoms with Crippen LogP contribution in [0.5, 0.6) is 0 Å². The summed E-state index contributed by atoms with van der Waals surface area (Å²) in [5.74, 6) is -3.59. The van der Waals surface area contributed by atoms with E-state index in [0.717, 1.165) is 0 Å². The topological polar surface area (TPSA) is 232 Å². The van der Waals surface area contributed by atoms with Crippen molar-refractivity contribution < 1.29 is 48.4 Å². The molecule has 0 fully saturated rings. The number of carboxylic acid groups (broad SMARTS) is 1. The predicted octanol–water partition coefficient (Wildman–Crippen LogP) is -1.76. The van der Waals surface area contributed by atoms with E-state index >= 15 is 0 Å². The molecule has 0 atom stereocenters. The molecule has 0 aliphatic heterocycles. The van der Waals surface area contributed by atoms with E-state index in [-0.39, 0.29) is 26.4 Å². The molecule has 0 bridgehead atoms. The molecule has 0 saturated heterocycles. The van der Waals surface area contributed by atoms with Gasteiger partial charge in [-0.15, -0.1) is 0 Å². The first-order chi connectivity index (χ1) is 12.9. The van der Waals surface area contributed by atoms with Crippen LogP contribution in [0.4, 0.5) is 4.79 Å². The lowest BCUT2D eigenvalue weighted by Crippen LogP contribution is -2.44. The first-order valence-corrected chi connectivity index (χ1v) is 8.07. The van der Waals surface area contributed by atoms with Gasteiger partial charge in [-0.25, -0.2) is 9.59 Å². The first kappa shape index (κ1) is 29.8. The Hall–Kier alpha value is -2.93. The molecule has 0 aliphatic rings. The Morgan fingerprint density at radius 2 is 1.11 bits per heavy atom. The summed E-state index contributed by atoms with van der Waals surface area (Å²) in [6, 6.07) is -0.833. The molecule has 0 rings (SSSR count). The summed E-state index contributed by atoms with van der Waals surface area (Å²) in [6.07, 6.45) is -1.31. The molecule has 0 saturated carbocycles. The van der Waals surface area contributed by atoms with Crippen molar-refractivity contribution in [2.75, 3.05) is 26.4 Å². The third-order valence-corrected chi connectivity index (χ3v) is 2.31. The van der Waals surface area contributed by atoms with E-state index in [4.69, 9.17) is 9.90 Å². The number of carbonyl (C=O) groups is 5. The molecule has 0 aromatic heterocycles. The van der Waals surface area contributed by atoms with Crippen molar-refractivity contribution in [3.05, 3.63) is 0 Å². The van der Waals surface area contributed by atoms with Gasteiger partial charge in [0.2, 0.25) is 0 Å². The van der Waals surface area contributed by atoms with Gasteiger partial charge < -0.3 is 41.6 Å². The molecule has 0 heterocycles. The van der Waals surface area contributed by atoms with Crippen molar-refractivity contribution in [1.82, 2.24) is 0 Å². The van der Waals surface area contributed by atoms with Crippen LogP contribution in [0.15, 0.2) is 0 Å². The minimum atomic E-state index is -2.26. The predicted molar refractivity (Wildman–Crippen MR) is 94.5 cm³/mol. The Kier molecular flexibility index (Phi) is 18.6. The van der Waals surface area contributed by atoms with Crippen LogP contribution in [0.25, 0.3) is 0 Å². The highest BCUT2D eigenvalue weighted by molar-refractivity contribution is 5.90. The Labute approximate surface area is 162 Å². The van der Waals surface area contributed by atoms with Gasteiger partial charge >= 0.3 is 29.9 Å². The van der Waals surface area contributed by atoms with Gasteiger partial charge in [0.05, 0.1) is 39.2 Å². The van der Waals surface area contributed by atoms with Gasteiger partial charge in [-0.1, -0.05) is 0 Å². The lowest BCUT2D eigenvalue weighted by atomic mass is 9.95. The number of primary amides is 2. The van der Waals surface area contributed by atoms with Gasteiger partial charge in [0.15, 0.2) is 5.60 Å². The molecule has 164 valence electrons. The fraction of sp³-hybridized carbons (Fsp3) is 0.667. The molecule has 13 heteroatoms. The van der Waals surface area contributed by atoms with E-state index in [1.54, 1.807) is 20.8 Å². The van der Waals surface area contributed by atoms with Crippen LogP contribution in [-0.2, 0) is 33.4 Å². The number of nitrogens with two attached hydrogens (primary N) is 3. The minimum absolute atomic E-state index is 0.0206. The molecular weight excluding hydrogens is 382 g/mol. The molecule has 2 amide bonds. The Bertz CT molecular complexity index is 486. The SMILES string of the molecule is CCOC(=O)CC(O)(CC(=O)OCC)C(=O)OCC.NC(N)=O.NCC(=O)O. The van der Waals surface area contributed by atoms with E-state index in [9.17, 15) is 24.3 Å². The second kappa shape index (κ2) is 17.5. The molecule has 0 radical (unpaired) electrons. The number of carboxylic acids is 1. The summed E-state index contributed by atoms with van der Waals surface area (Å²) in [4.78, 5) is 52.6. The Balaban J connectivity index is -0.000000575. The Morgan fingerprint density at radius 1 is 0.821 bits per heavy atom. The smallest absolute Gasteiger partial charge is 0.339 e. The van der Waals surface area contributed by atoms with Gasteiger partial charge in [0.1, 0.15) is 0 Å². The zero-order chi connectivity index (χ0) is 22.8. The van der Waals surface area contributed by atoms with E-state index in [0.29, 0.717) is 0 Å². The van der Waals surface area contributed by atoms with E-state index in [1.165, 1.54) is 0 Å². The van der Waals surface area contributed by atoms with Crippen LogP contribution >= 0.6 is 0 Å². The standard InChI is InChI=1S/C12H20O7.C2H5NO2.CH4N2O/c1-4-17-9(13)7-12(16,11(15)19-6-3)8-10(14)18-5-2;3-1-2(4)5;2-1(3)4/h16H,4-8H2,1-3H3;1,3H2,(H,4,5);(H4,2,3,4). The van der Waals surface area contributed by atoms with Crippen LogP contribution in [0, 0.1) is 0 Å². The zero-order valence-electron chi connectivity index (χ0n) is 16.1. The van der Waals surface area contributed by atoms with E-state index < -0.39 is 48.4 Å². The van der Waals surface area contributed by atoms with Crippen molar-refractivity contribution in [1.29, 1.82) is 0 Å². The van der Waals surface area contributed by atoms with Gasteiger partial charge in [-0.3, -0.25) is 14.4 Å². The van der Waals surface area contributed by atoms with Crippen LogP contribution in [0.3, 0.4) is 0 Å². The fourth-order valence-electron chi connectivity index (χ4n) is 1.37. The number of amides is 2. The van der Waals surface area contributed by atoms with Crippen LogP contribution in [0.1, 0.15) is 33.6 Å². The van der Waals surface area contributed by atoms with Gasteiger partial charge in [0, 0.05) is 0 Å². The van der Waals surface area contributed by atoms with Crippen LogP contribution in [-0.4, -0.2) is 72.1 Å². The number of hydrogen-bond donors (Lipinski definition) is 5. The molecule has 0 aromatic carbocycles. The zero-order valence-corrected chi connectivity index (χ0v) is 16.1. The second-order valence-corrected chi connectivity index (χ2v) is 4.72. The molecule has 0 spiro atoms. The number of rotatable bonds is 9. The number of urea groups is 1. The Morgan fingerprint density at radius 3 is 1.32 bits per heavy atom. The maximum atomic E-state index is 11.7. The molecule has 13 nitrogen and oxygen atoms in total. The van der Waals surface area contributed by atoms with Gasteiger partial charge in [0.25, 0.3) is 0 Å². The minimum Gasteiger partial charge on any atom is -0.480 e. The average Bonchev–Trinajstić information content (AvgIpc) is 2.55. The van der Waals surface area contributed by atoms with Crippen molar-refractivity contribution in [3.8, 4) is 0 Å². The highest BCUT2D eigenvalue weighted by Crippen LogP contribution is 2.19. The van der Waals surface area contributed by atoms with Crippen molar-refractivity contribution in [2.24, 2.45) is 17.2 Å². The number of hydrogen-bond acceptors (Lipinski definition) is 10. The largest absolute Gasteiger partial charge is 0.480 e. The molecule has 0 aromatic rings. The summed E-state index contributed by atoms with van der Waals surface area (Å²) in [5, 5.41) is 17.7. The monoisotopic (exact) mass is 411 g/mol. The summed E-state index contributed by atoms with van der Waals surface area (Å²) in [7, 11) is 0. The van der Waals surface area contributed by atoms with E-state index in [1.807, 2.05) is 0 Å².